The molecule has 2 aromatic heterocycles. The number of aliphatic hydroxyl groups is 1. The molecule has 0 aliphatic rings. The Hall–Kier alpha value is -3.53. The van der Waals surface area contributed by atoms with Crippen LogP contribution in [-0.4, -0.2) is 50.3 Å². The summed E-state index contributed by atoms with van der Waals surface area (Å²) < 4.78 is 15.3. The molecule has 31 heavy (non-hydrogen) atoms. The molecule has 3 aromatic rings. The Labute approximate surface area is 179 Å². The fourth-order valence-electron chi connectivity index (χ4n) is 3.18. The minimum atomic E-state index is -1.19. The number of aryl methyl sites for hydroxylation is 1. The van der Waals surface area contributed by atoms with Crippen molar-refractivity contribution in [3.8, 4) is 0 Å². The first-order chi connectivity index (χ1) is 14.9. The van der Waals surface area contributed by atoms with Crippen LogP contribution in [0, 0.1) is 12.3 Å². The van der Waals surface area contributed by atoms with Gasteiger partial charge in [-0.25, -0.2) is 9.07 Å². The molecular formula is C21H27FN8O. The minimum Gasteiger partial charge on any atom is -0.381 e. The number of anilines is 4. The standard InChI is InChI=1S/C21H27FN8O/c1-5-24-19-18-13(4)29-30(11-31)20(18)28-21(27-19)26-17-8-6-7-16(14(17)9-23)25-10-15(22)12(2)3/h6-9,15,23,25,31H,2,5,10-11H2,1,3-4H3,(H2,24,26,27,28). The van der Waals surface area contributed by atoms with E-state index >= 15 is 0 Å². The van der Waals surface area contributed by atoms with Gasteiger partial charge in [-0.1, -0.05) is 12.6 Å². The Morgan fingerprint density at radius 3 is 2.71 bits per heavy atom. The Balaban J connectivity index is 1.99. The zero-order valence-corrected chi connectivity index (χ0v) is 17.8. The third-order valence-electron chi connectivity index (χ3n) is 4.75. The number of halogens is 1. The molecule has 0 radical (unpaired) electrons. The summed E-state index contributed by atoms with van der Waals surface area (Å²) in [6.45, 7) is 9.44. The van der Waals surface area contributed by atoms with Crippen LogP contribution < -0.4 is 16.0 Å². The second kappa shape index (κ2) is 9.52. The zero-order chi connectivity index (χ0) is 22.5. The minimum absolute atomic E-state index is 0.0572. The van der Waals surface area contributed by atoms with Crippen molar-refractivity contribution in [2.75, 3.05) is 29.0 Å². The zero-order valence-electron chi connectivity index (χ0n) is 17.8. The van der Waals surface area contributed by atoms with Gasteiger partial charge in [-0.15, -0.1) is 0 Å². The third kappa shape index (κ3) is 4.64. The lowest BCUT2D eigenvalue weighted by Gasteiger charge is -2.16. The lowest BCUT2D eigenvalue weighted by molar-refractivity contribution is 0.199. The molecule has 3 rings (SSSR count). The van der Waals surface area contributed by atoms with E-state index in [1.807, 2.05) is 13.8 Å². The van der Waals surface area contributed by atoms with Crippen LogP contribution in [0.4, 0.5) is 27.5 Å². The first-order valence-corrected chi connectivity index (χ1v) is 9.93. The van der Waals surface area contributed by atoms with E-state index in [-0.39, 0.29) is 19.2 Å². The summed E-state index contributed by atoms with van der Waals surface area (Å²) in [5, 5.41) is 31.9. The molecule has 1 aromatic carbocycles. The summed E-state index contributed by atoms with van der Waals surface area (Å²) in [5.41, 5.74) is 3.35. The van der Waals surface area contributed by atoms with Gasteiger partial charge in [-0.3, -0.25) is 0 Å². The topological polar surface area (TPSA) is 124 Å². The maximum atomic E-state index is 13.9. The van der Waals surface area contributed by atoms with E-state index in [0.29, 0.717) is 46.2 Å². The molecule has 0 fully saturated rings. The molecule has 9 nitrogen and oxygen atoms in total. The molecule has 0 saturated carbocycles. The highest BCUT2D eigenvalue weighted by Gasteiger charge is 2.17. The largest absolute Gasteiger partial charge is 0.381 e. The Kier molecular flexibility index (Phi) is 6.81. The molecule has 164 valence electrons. The Morgan fingerprint density at radius 2 is 2.06 bits per heavy atom. The molecule has 0 bridgehead atoms. The highest BCUT2D eigenvalue weighted by Crippen LogP contribution is 2.29. The number of aliphatic hydroxyl groups excluding tert-OH is 1. The van der Waals surface area contributed by atoms with Crippen molar-refractivity contribution in [1.29, 1.82) is 5.41 Å². The quantitative estimate of drug-likeness (QED) is 0.248. The lowest BCUT2D eigenvalue weighted by Crippen LogP contribution is -2.17. The van der Waals surface area contributed by atoms with Gasteiger partial charge in [-0.2, -0.15) is 15.1 Å². The number of hydrogen-bond acceptors (Lipinski definition) is 8. The van der Waals surface area contributed by atoms with Gasteiger partial charge in [0, 0.05) is 30.6 Å². The summed E-state index contributed by atoms with van der Waals surface area (Å²) in [7, 11) is 0. The van der Waals surface area contributed by atoms with E-state index in [1.54, 1.807) is 25.1 Å². The highest BCUT2D eigenvalue weighted by molar-refractivity contribution is 5.95. The predicted molar refractivity (Wildman–Crippen MR) is 122 cm³/mol. The molecule has 5 N–H and O–H groups in total. The maximum Gasteiger partial charge on any atom is 0.231 e. The average Bonchev–Trinajstić information content (AvgIpc) is 3.07. The molecule has 0 saturated heterocycles. The summed E-state index contributed by atoms with van der Waals surface area (Å²) in [5.74, 6) is 0.878. The number of hydrogen-bond donors (Lipinski definition) is 5. The van der Waals surface area contributed by atoms with Crippen molar-refractivity contribution in [2.24, 2.45) is 0 Å². The van der Waals surface area contributed by atoms with Crippen LogP contribution in [0.5, 0.6) is 0 Å². The molecule has 1 unspecified atom stereocenters. The van der Waals surface area contributed by atoms with Crippen molar-refractivity contribution in [2.45, 2.75) is 33.7 Å². The molecule has 10 heteroatoms. The van der Waals surface area contributed by atoms with Crippen LogP contribution in [0.25, 0.3) is 11.0 Å². The number of nitrogens with one attached hydrogen (secondary N) is 4. The third-order valence-corrected chi connectivity index (χ3v) is 4.75. The number of benzene rings is 1. The van der Waals surface area contributed by atoms with Gasteiger partial charge < -0.3 is 26.5 Å². The van der Waals surface area contributed by atoms with Gasteiger partial charge in [0.1, 0.15) is 18.7 Å². The number of aromatic nitrogens is 4. The normalized spacial score (nSPS) is 11.9. The average molecular weight is 427 g/mol. The molecule has 2 heterocycles. The van der Waals surface area contributed by atoms with E-state index in [2.05, 4.69) is 37.6 Å². The second-order valence-electron chi connectivity index (χ2n) is 7.08. The van der Waals surface area contributed by atoms with Crippen molar-refractivity contribution >= 4 is 40.4 Å². The van der Waals surface area contributed by atoms with E-state index in [4.69, 9.17) is 5.41 Å². The van der Waals surface area contributed by atoms with Crippen LogP contribution in [0.2, 0.25) is 0 Å². The van der Waals surface area contributed by atoms with Crippen molar-refractivity contribution in [3.63, 3.8) is 0 Å². The molecule has 0 spiro atoms. The van der Waals surface area contributed by atoms with E-state index < -0.39 is 6.17 Å². The smallest absolute Gasteiger partial charge is 0.231 e. The summed E-state index contributed by atoms with van der Waals surface area (Å²) in [6, 6.07) is 5.35. The number of fused-ring (bicyclic) bond motifs is 1. The SMILES string of the molecule is C=C(C)C(F)CNc1cccc(Nc2nc(NCC)c3c(C)nn(CO)c3n2)c1C=N. The fraction of sp³-hybridized carbons (Fsp3) is 0.333. The summed E-state index contributed by atoms with van der Waals surface area (Å²) in [4.78, 5) is 9.08. The first-order valence-electron chi connectivity index (χ1n) is 9.93. The monoisotopic (exact) mass is 426 g/mol. The molecule has 1 atom stereocenters. The van der Waals surface area contributed by atoms with Gasteiger partial charge in [0.15, 0.2) is 5.65 Å². The summed E-state index contributed by atoms with van der Waals surface area (Å²) in [6.07, 6.45) is -0.00419. The Morgan fingerprint density at radius 1 is 1.32 bits per heavy atom. The Bertz CT molecular complexity index is 1110. The van der Waals surface area contributed by atoms with Gasteiger partial charge in [0.25, 0.3) is 0 Å². The number of nitrogens with zero attached hydrogens (tertiary/aromatic N) is 4. The van der Waals surface area contributed by atoms with Gasteiger partial charge >= 0.3 is 0 Å². The van der Waals surface area contributed by atoms with Crippen LogP contribution in [0.15, 0.2) is 30.4 Å². The van der Waals surface area contributed by atoms with Crippen molar-refractivity contribution in [3.05, 3.63) is 41.6 Å². The van der Waals surface area contributed by atoms with Crippen LogP contribution in [0.3, 0.4) is 0 Å². The van der Waals surface area contributed by atoms with Gasteiger partial charge in [0.05, 0.1) is 16.8 Å². The maximum absolute atomic E-state index is 13.9. The van der Waals surface area contributed by atoms with E-state index in [9.17, 15) is 9.50 Å². The number of rotatable bonds is 10. The second-order valence-corrected chi connectivity index (χ2v) is 7.08. The van der Waals surface area contributed by atoms with E-state index in [1.165, 1.54) is 10.9 Å². The lowest BCUT2D eigenvalue weighted by atomic mass is 10.1. The molecule has 0 aliphatic carbocycles. The van der Waals surface area contributed by atoms with E-state index in [0.717, 1.165) is 5.39 Å². The van der Waals surface area contributed by atoms with Crippen molar-refractivity contribution < 1.29 is 9.50 Å². The first kappa shape index (κ1) is 22.2. The molecular weight excluding hydrogens is 399 g/mol. The van der Waals surface area contributed by atoms with Crippen molar-refractivity contribution in [1.82, 2.24) is 19.7 Å². The summed E-state index contributed by atoms with van der Waals surface area (Å²) >= 11 is 0. The van der Waals surface area contributed by atoms with Gasteiger partial charge in [-0.05, 0) is 38.5 Å². The predicted octanol–water partition coefficient (Wildman–Crippen LogP) is 3.58. The number of alkyl halides is 1. The van der Waals surface area contributed by atoms with Crippen LogP contribution >= 0.6 is 0 Å². The van der Waals surface area contributed by atoms with Crippen LogP contribution in [-0.2, 0) is 6.73 Å². The highest BCUT2D eigenvalue weighted by atomic mass is 19.1. The van der Waals surface area contributed by atoms with Crippen LogP contribution in [0.1, 0.15) is 25.1 Å². The van der Waals surface area contributed by atoms with Gasteiger partial charge in [0.2, 0.25) is 5.95 Å². The fourth-order valence-corrected chi connectivity index (χ4v) is 3.18. The molecule has 0 aliphatic heterocycles. The molecule has 0 amide bonds.